The molecule has 0 aliphatic rings. The Balaban J connectivity index is 2.04. The minimum absolute atomic E-state index is 0.0971. The molecule has 21 heavy (non-hydrogen) atoms. The lowest BCUT2D eigenvalue weighted by atomic mass is 10.2. The molecule has 0 aliphatic heterocycles. The van der Waals surface area contributed by atoms with E-state index in [1.807, 2.05) is 27.8 Å². The Hall–Kier alpha value is -2.44. The Kier molecular flexibility index (Phi) is 4.21. The maximum absolute atomic E-state index is 12.1. The van der Waals surface area contributed by atoms with Crippen molar-refractivity contribution in [1.82, 2.24) is 29.9 Å². The first-order chi connectivity index (χ1) is 9.88. The lowest BCUT2D eigenvalue weighted by molar-refractivity contribution is -0.125. The molecule has 2 rings (SSSR count). The summed E-state index contributed by atoms with van der Waals surface area (Å²) in [5.74, 6) is 1.24. The third-order valence-electron chi connectivity index (χ3n) is 3.36. The van der Waals surface area contributed by atoms with Gasteiger partial charge in [0.2, 0.25) is 5.91 Å². The predicted octanol–water partition coefficient (Wildman–Crippen LogP) is 1.14. The molecule has 7 nitrogen and oxygen atoms in total. The molecular weight excluding hydrogens is 268 g/mol. The van der Waals surface area contributed by atoms with E-state index in [2.05, 4.69) is 20.3 Å². The number of carbonyl (C=O) groups is 1. The number of carbonyl (C=O) groups excluding carboxylic acids is 1. The van der Waals surface area contributed by atoms with Gasteiger partial charge in [-0.1, -0.05) is 0 Å². The van der Waals surface area contributed by atoms with E-state index >= 15 is 0 Å². The molecule has 0 spiro atoms. The van der Waals surface area contributed by atoms with Crippen molar-refractivity contribution >= 4 is 12.0 Å². The fraction of sp³-hybridized carbons (Fsp3) is 0.429. The van der Waals surface area contributed by atoms with Crippen LogP contribution in [0.4, 0.5) is 0 Å². The predicted molar refractivity (Wildman–Crippen MR) is 79.3 cm³/mol. The van der Waals surface area contributed by atoms with Crippen LogP contribution in [0.15, 0.2) is 6.08 Å². The summed E-state index contributed by atoms with van der Waals surface area (Å²) in [5, 5.41) is 11.1. The average molecular weight is 288 g/mol. The molecule has 0 atom stereocenters. The molecule has 0 aliphatic carbocycles. The van der Waals surface area contributed by atoms with Crippen LogP contribution in [0.25, 0.3) is 6.08 Å². The normalized spacial score (nSPS) is 11.3. The van der Waals surface area contributed by atoms with Gasteiger partial charge < -0.3 is 4.90 Å². The van der Waals surface area contributed by atoms with Gasteiger partial charge in [-0.15, -0.1) is 0 Å². The van der Waals surface area contributed by atoms with Gasteiger partial charge in [0.25, 0.3) is 0 Å². The molecule has 0 unspecified atom stereocenters. The molecule has 0 saturated heterocycles. The number of nitrogens with zero attached hydrogens (tertiary/aromatic N) is 5. The van der Waals surface area contributed by atoms with E-state index in [0.29, 0.717) is 12.4 Å². The highest BCUT2D eigenvalue weighted by molar-refractivity contribution is 5.91. The van der Waals surface area contributed by atoms with Crippen LogP contribution in [-0.2, 0) is 18.4 Å². The maximum atomic E-state index is 12.1. The summed E-state index contributed by atoms with van der Waals surface area (Å²) in [4.78, 5) is 17.9. The highest BCUT2D eigenvalue weighted by atomic mass is 16.2. The van der Waals surface area contributed by atoms with Gasteiger partial charge in [-0.3, -0.25) is 14.6 Å². The van der Waals surface area contributed by atoms with Gasteiger partial charge in [-0.25, -0.2) is 4.98 Å². The zero-order chi connectivity index (χ0) is 15.6. The van der Waals surface area contributed by atoms with Gasteiger partial charge in [0, 0.05) is 31.4 Å². The first kappa shape index (κ1) is 15.0. The number of nitrogens with one attached hydrogen (secondary N) is 1. The van der Waals surface area contributed by atoms with Gasteiger partial charge in [-0.2, -0.15) is 10.2 Å². The monoisotopic (exact) mass is 288 g/mol. The third kappa shape index (κ3) is 3.36. The molecule has 7 heteroatoms. The molecule has 0 saturated carbocycles. The second kappa shape index (κ2) is 5.90. The van der Waals surface area contributed by atoms with Gasteiger partial charge in [0.1, 0.15) is 5.82 Å². The number of aromatic amines is 1. The zero-order valence-electron chi connectivity index (χ0n) is 13.0. The Labute approximate surface area is 123 Å². The molecular formula is C14H20N6O. The number of H-pyrrole nitrogens is 1. The fourth-order valence-corrected chi connectivity index (χ4v) is 2.06. The molecule has 1 amide bonds. The van der Waals surface area contributed by atoms with Crippen LogP contribution in [0.3, 0.4) is 0 Å². The molecule has 0 bridgehead atoms. The van der Waals surface area contributed by atoms with E-state index in [0.717, 1.165) is 22.8 Å². The summed E-state index contributed by atoms with van der Waals surface area (Å²) < 4.78 is 1.81. The highest BCUT2D eigenvalue weighted by Gasteiger charge is 2.10. The lowest BCUT2D eigenvalue weighted by Crippen LogP contribution is -2.24. The van der Waals surface area contributed by atoms with Crippen molar-refractivity contribution < 1.29 is 4.79 Å². The Morgan fingerprint density at radius 2 is 2.10 bits per heavy atom. The smallest absolute Gasteiger partial charge is 0.246 e. The lowest BCUT2D eigenvalue weighted by Gasteiger charge is -2.12. The van der Waals surface area contributed by atoms with Crippen LogP contribution in [0.5, 0.6) is 0 Å². The topological polar surface area (TPSA) is 79.7 Å². The fourth-order valence-electron chi connectivity index (χ4n) is 2.06. The van der Waals surface area contributed by atoms with E-state index in [4.69, 9.17) is 0 Å². The van der Waals surface area contributed by atoms with E-state index in [9.17, 15) is 4.79 Å². The van der Waals surface area contributed by atoms with E-state index in [-0.39, 0.29) is 5.91 Å². The molecule has 112 valence electrons. The molecule has 2 aromatic rings. The summed E-state index contributed by atoms with van der Waals surface area (Å²) in [5.41, 5.74) is 2.92. The summed E-state index contributed by atoms with van der Waals surface area (Å²) in [7, 11) is 3.61. The maximum Gasteiger partial charge on any atom is 0.246 e. The van der Waals surface area contributed by atoms with Crippen LogP contribution in [-0.4, -0.2) is 42.8 Å². The molecule has 2 heterocycles. The molecule has 0 aromatic carbocycles. The Bertz CT molecular complexity index is 682. The molecule has 0 fully saturated rings. The van der Waals surface area contributed by atoms with Gasteiger partial charge in [0.15, 0.2) is 5.82 Å². The second-order valence-electron chi connectivity index (χ2n) is 5.07. The van der Waals surface area contributed by atoms with Gasteiger partial charge in [0.05, 0.1) is 12.2 Å². The summed E-state index contributed by atoms with van der Waals surface area (Å²) >= 11 is 0. The van der Waals surface area contributed by atoms with Crippen molar-refractivity contribution in [2.24, 2.45) is 7.05 Å². The minimum Gasteiger partial charge on any atom is -0.335 e. The average Bonchev–Trinajstić information content (AvgIpc) is 2.92. The van der Waals surface area contributed by atoms with Crippen LogP contribution in [0, 0.1) is 20.8 Å². The van der Waals surface area contributed by atoms with E-state index in [1.54, 1.807) is 28.8 Å². The van der Waals surface area contributed by atoms with Crippen molar-refractivity contribution in [1.29, 1.82) is 0 Å². The number of rotatable bonds is 4. The van der Waals surface area contributed by atoms with Crippen LogP contribution in [0.2, 0.25) is 0 Å². The number of likely N-dealkylation sites (N-methyl/N-ethyl adjacent to an activating group) is 1. The van der Waals surface area contributed by atoms with Crippen molar-refractivity contribution in [2.75, 3.05) is 7.05 Å². The summed E-state index contributed by atoms with van der Waals surface area (Å²) in [6.07, 6.45) is 3.36. The number of hydrogen-bond donors (Lipinski definition) is 1. The zero-order valence-corrected chi connectivity index (χ0v) is 13.0. The number of hydrogen-bond acceptors (Lipinski definition) is 4. The quantitative estimate of drug-likeness (QED) is 0.855. The van der Waals surface area contributed by atoms with Crippen LogP contribution in [0.1, 0.15) is 28.6 Å². The Morgan fingerprint density at radius 3 is 2.62 bits per heavy atom. The van der Waals surface area contributed by atoms with Crippen molar-refractivity contribution in [3.63, 3.8) is 0 Å². The summed E-state index contributed by atoms with van der Waals surface area (Å²) in [6, 6.07) is 0. The summed E-state index contributed by atoms with van der Waals surface area (Å²) in [6.45, 7) is 6.10. The van der Waals surface area contributed by atoms with Crippen molar-refractivity contribution in [2.45, 2.75) is 27.3 Å². The molecule has 2 aromatic heterocycles. The van der Waals surface area contributed by atoms with E-state index < -0.39 is 0 Å². The number of aryl methyl sites for hydroxylation is 3. The SMILES string of the molecule is Cc1nc(CN(C)C(=O)C=Cc2c(C)nn(C)c2C)n[nH]1. The van der Waals surface area contributed by atoms with Crippen molar-refractivity contribution in [3.8, 4) is 0 Å². The third-order valence-corrected chi connectivity index (χ3v) is 3.36. The van der Waals surface area contributed by atoms with Crippen LogP contribution >= 0.6 is 0 Å². The second-order valence-corrected chi connectivity index (χ2v) is 5.07. The van der Waals surface area contributed by atoms with Crippen molar-refractivity contribution in [3.05, 3.63) is 34.7 Å². The molecule has 1 N–H and O–H groups in total. The largest absolute Gasteiger partial charge is 0.335 e. The van der Waals surface area contributed by atoms with Crippen LogP contribution < -0.4 is 0 Å². The highest BCUT2D eigenvalue weighted by Crippen LogP contribution is 2.13. The van der Waals surface area contributed by atoms with Gasteiger partial charge >= 0.3 is 0 Å². The minimum atomic E-state index is -0.0971. The van der Waals surface area contributed by atoms with E-state index in [1.165, 1.54) is 0 Å². The Morgan fingerprint density at radius 1 is 1.38 bits per heavy atom. The first-order valence-corrected chi connectivity index (χ1v) is 6.69. The van der Waals surface area contributed by atoms with Gasteiger partial charge in [-0.05, 0) is 26.8 Å². The molecule has 0 radical (unpaired) electrons. The number of amides is 1. The first-order valence-electron chi connectivity index (χ1n) is 6.69. The number of aromatic nitrogens is 5. The standard InChI is InChI=1S/C14H20N6O/c1-9-12(10(2)20(5)18-9)6-7-14(21)19(4)8-13-15-11(3)16-17-13/h6-7H,8H2,1-5H3,(H,15,16,17).